The van der Waals surface area contributed by atoms with Gasteiger partial charge in [0.15, 0.2) is 5.78 Å². The van der Waals surface area contributed by atoms with Crippen molar-refractivity contribution in [3.05, 3.63) is 76.6 Å². The number of nitrogens with zero attached hydrogens (tertiary/aromatic N) is 4. The van der Waals surface area contributed by atoms with E-state index in [1.807, 2.05) is 0 Å². The number of carbonyl (C=O) groups excluding carboxylic acids is 2. The Morgan fingerprint density at radius 2 is 1.93 bits per heavy atom. The van der Waals surface area contributed by atoms with Crippen LogP contribution in [0.2, 0.25) is 0 Å². The van der Waals surface area contributed by atoms with Crippen LogP contribution in [-0.2, 0) is 0 Å². The molecule has 1 amide bonds. The number of hydrogen-bond acceptors (Lipinski definition) is 5. The fourth-order valence-corrected chi connectivity index (χ4v) is 3.44. The highest BCUT2D eigenvalue weighted by atomic mass is 16.2. The Morgan fingerprint density at radius 3 is 2.74 bits per heavy atom. The first-order valence-corrected chi connectivity index (χ1v) is 8.86. The molecule has 7 nitrogen and oxygen atoms in total. The van der Waals surface area contributed by atoms with Crippen LogP contribution in [0.25, 0.3) is 5.65 Å². The molecule has 0 aromatic carbocycles. The van der Waals surface area contributed by atoms with Crippen LogP contribution in [0.5, 0.6) is 0 Å². The second-order valence-corrected chi connectivity index (χ2v) is 6.58. The Balaban J connectivity index is 1.58. The Hall–Kier alpha value is -3.35. The third-order valence-electron chi connectivity index (χ3n) is 4.84. The van der Waals surface area contributed by atoms with Crippen molar-refractivity contribution in [3.8, 4) is 0 Å². The van der Waals surface area contributed by atoms with Gasteiger partial charge >= 0.3 is 0 Å². The van der Waals surface area contributed by atoms with E-state index in [9.17, 15) is 14.4 Å². The number of ketones is 1. The molecule has 1 unspecified atom stereocenters. The molecule has 0 radical (unpaired) electrons. The summed E-state index contributed by atoms with van der Waals surface area (Å²) in [6, 6.07) is 10.4. The first-order valence-electron chi connectivity index (χ1n) is 8.86. The molecule has 4 rings (SSSR count). The smallest absolute Gasteiger partial charge is 0.270 e. The number of rotatable bonds is 3. The third-order valence-corrected chi connectivity index (χ3v) is 4.84. The van der Waals surface area contributed by atoms with E-state index in [-0.39, 0.29) is 29.7 Å². The van der Waals surface area contributed by atoms with Gasteiger partial charge in [0.25, 0.3) is 11.5 Å². The Bertz CT molecular complexity index is 1060. The van der Waals surface area contributed by atoms with Gasteiger partial charge in [-0.2, -0.15) is 0 Å². The maximum Gasteiger partial charge on any atom is 0.270 e. The molecule has 7 heteroatoms. The van der Waals surface area contributed by atoms with Crippen molar-refractivity contribution in [2.24, 2.45) is 5.92 Å². The predicted octanol–water partition coefficient (Wildman–Crippen LogP) is 1.82. The van der Waals surface area contributed by atoms with Gasteiger partial charge < -0.3 is 4.90 Å². The average Bonchev–Trinajstić information content (AvgIpc) is 2.74. The van der Waals surface area contributed by atoms with Crippen LogP contribution in [0.3, 0.4) is 0 Å². The van der Waals surface area contributed by atoms with Crippen molar-refractivity contribution in [2.75, 3.05) is 13.1 Å². The van der Waals surface area contributed by atoms with E-state index in [2.05, 4.69) is 9.97 Å². The van der Waals surface area contributed by atoms with Crippen LogP contribution < -0.4 is 5.56 Å². The van der Waals surface area contributed by atoms with Gasteiger partial charge in [0, 0.05) is 37.6 Å². The van der Waals surface area contributed by atoms with Crippen LogP contribution in [-0.4, -0.2) is 44.0 Å². The second-order valence-electron chi connectivity index (χ2n) is 6.58. The highest BCUT2D eigenvalue weighted by Gasteiger charge is 2.31. The summed E-state index contributed by atoms with van der Waals surface area (Å²) in [6.07, 6.45) is 5.90. The number of likely N-dealkylation sites (tertiary alicyclic amines) is 1. The number of carbonyl (C=O) groups is 2. The molecular formula is C20H18N4O3. The van der Waals surface area contributed by atoms with Gasteiger partial charge in [-0.05, 0) is 37.1 Å². The Labute approximate surface area is 155 Å². The molecule has 0 saturated carbocycles. The summed E-state index contributed by atoms with van der Waals surface area (Å²) in [5, 5.41) is 0. The number of fused-ring (bicyclic) bond motifs is 1. The molecule has 1 aliphatic rings. The summed E-state index contributed by atoms with van der Waals surface area (Å²) in [4.78, 5) is 48.1. The highest BCUT2D eigenvalue weighted by Crippen LogP contribution is 2.21. The van der Waals surface area contributed by atoms with Gasteiger partial charge in [0.2, 0.25) is 0 Å². The first-order chi connectivity index (χ1) is 13.1. The molecule has 3 aromatic rings. The quantitative estimate of drug-likeness (QED) is 0.664. The second kappa shape index (κ2) is 7.11. The minimum Gasteiger partial charge on any atom is -0.338 e. The molecule has 0 bridgehead atoms. The summed E-state index contributed by atoms with van der Waals surface area (Å²) in [5.41, 5.74) is 0.513. The molecule has 1 aliphatic heterocycles. The molecule has 3 aromatic heterocycles. The minimum absolute atomic E-state index is 0.0182. The van der Waals surface area contributed by atoms with E-state index in [0.29, 0.717) is 30.7 Å². The lowest BCUT2D eigenvalue weighted by atomic mass is 9.91. The molecule has 0 N–H and O–H groups in total. The van der Waals surface area contributed by atoms with Gasteiger partial charge in [-0.25, -0.2) is 4.98 Å². The van der Waals surface area contributed by atoms with Gasteiger partial charge in [-0.15, -0.1) is 0 Å². The molecule has 4 heterocycles. The first kappa shape index (κ1) is 17.1. The normalized spacial score (nSPS) is 17.0. The average molecular weight is 362 g/mol. The van der Waals surface area contributed by atoms with Gasteiger partial charge in [0.1, 0.15) is 16.9 Å². The Kier molecular flexibility index (Phi) is 4.50. The maximum absolute atomic E-state index is 12.9. The third kappa shape index (κ3) is 3.23. The van der Waals surface area contributed by atoms with Crippen molar-refractivity contribution in [2.45, 2.75) is 12.8 Å². The number of amides is 1. The summed E-state index contributed by atoms with van der Waals surface area (Å²) < 4.78 is 1.35. The van der Waals surface area contributed by atoms with E-state index < -0.39 is 5.56 Å². The van der Waals surface area contributed by atoms with Gasteiger partial charge in [-0.3, -0.25) is 23.8 Å². The SMILES string of the molecule is O=C(c1ccccn1)C1CCCN(C(=O)c2cnc3ccccn3c2=O)C1. The fraction of sp³-hybridized carbons (Fsp3) is 0.250. The molecular weight excluding hydrogens is 344 g/mol. The van der Waals surface area contributed by atoms with E-state index in [4.69, 9.17) is 0 Å². The van der Waals surface area contributed by atoms with Gasteiger partial charge in [-0.1, -0.05) is 12.1 Å². The van der Waals surface area contributed by atoms with E-state index in [1.54, 1.807) is 53.7 Å². The largest absolute Gasteiger partial charge is 0.338 e. The fourth-order valence-electron chi connectivity index (χ4n) is 3.44. The van der Waals surface area contributed by atoms with Crippen LogP contribution in [0, 0.1) is 5.92 Å². The van der Waals surface area contributed by atoms with Crippen molar-refractivity contribution in [1.29, 1.82) is 0 Å². The van der Waals surface area contributed by atoms with E-state index >= 15 is 0 Å². The van der Waals surface area contributed by atoms with Crippen LogP contribution in [0.4, 0.5) is 0 Å². The Morgan fingerprint density at radius 1 is 1.07 bits per heavy atom. The summed E-state index contributed by atoms with van der Waals surface area (Å²) in [7, 11) is 0. The topological polar surface area (TPSA) is 84.6 Å². The van der Waals surface area contributed by atoms with Crippen LogP contribution in [0.1, 0.15) is 33.7 Å². The molecule has 1 fully saturated rings. The van der Waals surface area contributed by atoms with Crippen LogP contribution >= 0.6 is 0 Å². The maximum atomic E-state index is 12.9. The lowest BCUT2D eigenvalue weighted by molar-refractivity contribution is 0.0633. The molecule has 0 spiro atoms. The monoisotopic (exact) mass is 362 g/mol. The molecule has 1 atom stereocenters. The lowest BCUT2D eigenvalue weighted by Gasteiger charge is -2.31. The molecule has 0 aliphatic carbocycles. The summed E-state index contributed by atoms with van der Waals surface area (Å²) >= 11 is 0. The number of piperidine rings is 1. The molecule has 136 valence electrons. The van der Waals surface area contributed by atoms with Crippen molar-refractivity contribution >= 4 is 17.3 Å². The number of Topliss-reactive ketones (excluding diaryl/α,β-unsaturated/α-hetero) is 1. The predicted molar refractivity (Wildman–Crippen MR) is 98.7 cm³/mol. The minimum atomic E-state index is -0.399. The zero-order valence-electron chi connectivity index (χ0n) is 14.6. The zero-order chi connectivity index (χ0) is 18.8. The van der Waals surface area contributed by atoms with E-state index in [1.165, 1.54) is 10.6 Å². The van der Waals surface area contributed by atoms with Crippen molar-refractivity contribution in [3.63, 3.8) is 0 Å². The molecule has 1 saturated heterocycles. The summed E-state index contributed by atoms with van der Waals surface area (Å²) in [5.74, 6) is -0.764. The number of hydrogen-bond donors (Lipinski definition) is 0. The van der Waals surface area contributed by atoms with Crippen molar-refractivity contribution < 1.29 is 9.59 Å². The number of pyridine rings is 2. The highest BCUT2D eigenvalue weighted by molar-refractivity contribution is 5.98. The lowest BCUT2D eigenvalue weighted by Crippen LogP contribution is -2.44. The number of aromatic nitrogens is 3. The van der Waals surface area contributed by atoms with Crippen molar-refractivity contribution in [1.82, 2.24) is 19.3 Å². The summed E-state index contributed by atoms with van der Waals surface area (Å²) in [6.45, 7) is 0.799. The zero-order valence-corrected chi connectivity index (χ0v) is 14.6. The van der Waals surface area contributed by atoms with E-state index in [0.717, 1.165) is 0 Å². The molecule has 27 heavy (non-hydrogen) atoms. The van der Waals surface area contributed by atoms with Gasteiger partial charge in [0.05, 0.1) is 0 Å². The van der Waals surface area contributed by atoms with Crippen LogP contribution in [0.15, 0.2) is 59.8 Å². The standard InChI is InChI=1S/C20H18N4O3/c25-18(16-7-1-3-9-21-16)14-6-5-10-23(13-14)19(26)15-12-22-17-8-2-4-11-24(17)20(15)27/h1-4,7-9,11-12,14H,5-6,10,13H2.